The summed E-state index contributed by atoms with van der Waals surface area (Å²) in [6, 6.07) is 19.4. The Labute approximate surface area is 368 Å². The van der Waals surface area contributed by atoms with E-state index in [2.05, 4.69) is 15.3 Å². The van der Waals surface area contributed by atoms with Crippen LogP contribution in [0.5, 0.6) is 5.75 Å². The second-order valence-corrected chi connectivity index (χ2v) is 14.5. The molecule has 2 aromatic heterocycles. The molecule has 0 unspecified atom stereocenters. The number of amides is 1. The first-order chi connectivity index (χ1) is 29.1. The predicted molar refractivity (Wildman–Crippen MR) is 221 cm³/mol. The van der Waals surface area contributed by atoms with E-state index in [0.29, 0.717) is 10.4 Å². The minimum atomic E-state index is -1.71. The smallest absolute Gasteiger partial charge is 0.341 e. The zero-order valence-corrected chi connectivity index (χ0v) is 34.7. The van der Waals surface area contributed by atoms with E-state index in [1.165, 1.54) is 41.7 Å². The number of isocyanates is 1. The van der Waals surface area contributed by atoms with Crippen molar-refractivity contribution in [3.63, 3.8) is 0 Å². The lowest BCUT2D eigenvalue weighted by Gasteiger charge is -2.16. The van der Waals surface area contributed by atoms with E-state index >= 15 is 0 Å². The molecule has 17 nitrogen and oxygen atoms in total. The number of aliphatic imine (C=N–C) groups is 1. The lowest BCUT2D eigenvalue weighted by atomic mass is 10.2. The van der Waals surface area contributed by atoms with Crippen LogP contribution >= 0.6 is 57.7 Å². The number of aromatic nitrogens is 2. The first-order valence-electron chi connectivity index (χ1n) is 17.0. The summed E-state index contributed by atoms with van der Waals surface area (Å²) >= 11 is 24.7. The van der Waals surface area contributed by atoms with Crippen LogP contribution in [0.3, 0.4) is 0 Å². The molecule has 0 radical (unpaired) electrons. The second-order valence-electron chi connectivity index (χ2n) is 11.9. The molecule has 22 heteroatoms. The predicted octanol–water partition coefficient (Wildman–Crippen LogP) is 6.45. The molecule has 1 atom stereocenters. The van der Waals surface area contributed by atoms with Crippen LogP contribution in [0.15, 0.2) is 94.0 Å². The number of halogens is 4. The van der Waals surface area contributed by atoms with Crippen molar-refractivity contribution in [2.45, 2.75) is 25.6 Å². The van der Waals surface area contributed by atoms with Crippen LogP contribution in [0.2, 0.25) is 20.1 Å². The van der Waals surface area contributed by atoms with E-state index in [0.717, 1.165) is 4.57 Å². The third-order valence-electron chi connectivity index (χ3n) is 7.61. The molecule has 0 saturated carbocycles. The maximum Gasteiger partial charge on any atom is 0.341 e. The van der Waals surface area contributed by atoms with Gasteiger partial charge in [0.2, 0.25) is 29.3 Å². The molecule has 61 heavy (non-hydrogen) atoms. The SMILES string of the molecule is O=C(COC(=O)c1c(Cl)cccc1Cl)COC(=O)c1c(Cl)cccc1Cl.O=C=Nc1nc(-c2cccs2)n(CC(=O)N[C@@H](CC(=O)O)C(=O)O)c(=O)c1OCc1ccccc1. The molecule has 0 spiro atoms. The topological polar surface area (TPSA) is 247 Å². The van der Waals surface area contributed by atoms with Crippen LogP contribution in [-0.4, -0.2) is 80.7 Å². The number of benzene rings is 3. The standard InChI is InChI=1S/C22H18N4O8S.C17H10Cl4O5/c27-12-23-19-18(34-11-13-5-2-1-3-6-13)21(31)26(20(25-19)15-7-4-8-35-15)10-16(28)24-14(22(32)33)9-17(29)30;18-10-3-1-4-11(19)14(10)16(23)25-7-9(22)8-26-17(24)15-12(20)5-2-6-13(15)21/h1-8,14H,9-11H2,(H,24,28)(H,29,30)(H,32,33);1-6H,7-8H2/t14-;/m0./s1. The largest absolute Gasteiger partial charge is 0.481 e. The fraction of sp³-hybridized carbons (Fsp3) is 0.154. The minimum Gasteiger partial charge on any atom is -0.481 e. The maximum absolute atomic E-state index is 13.4. The van der Waals surface area contributed by atoms with Gasteiger partial charge in [-0.15, -0.1) is 16.3 Å². The Morgan fingerprint density at radius 3 is 1.84 bits per heavy atom. The van der Waals surface area contributed by atoms with Crippen molar-refractivity contribution in [3.8, 4) is 16.5 Å². The van der Waals surface area contributed by atoms with Crippen molar-refractivity contribution in [2.75, 3.05) is 13.2 Å². The van der Waals surface area contributed by atoms with Crippen molar-refractivity contribution in [2.24, 2.45) is 4.99 Å². The van der Waals surface area contributed by atoms with E-state index in [1.807, 2.05) is 0 Å². The van der Waals surface area contributed by atoms with E-state index in [9.17, 15) is 43.5 Å². The summed E-state index contributed by atoms with van der Waals surface area (Å²) in [6.45, 7) is -2.01. The van der Waals surface area contributed by atoms with Gasteiger partial charge in [-0.05, 0) is 41.3 Å². The summed E-state index contributed by atoms with van der Waals surface area (Å²) in [5.74, 6) is -7.08. The van der Waals surface area contributed by atoms with Gasteiger partial charge in [0.1, 0.15) is 19.2 Å². The van der Waals surface area contributed by atoms with Crippen molar-refractivity contribution in [1.82, 2.24) is 14.9 Å². The van der Waals surface area contributed by atoms with Crippen molar-refractivity contribution in [1.29, 1.82) is 0 Å². The van der Waals surface area contributed by atoms with E-state index < -0.39 is 79.1 Å². The Bertz CT molecular complexity index is 2440. The van der Waals surface area contributed by atoms with Gasteiger partial charge >= 0.3 is 23.9 Å². The number of nitrogens with one attached hydrogen (secondary N) is 1. The number of ether oxygens (including phenoxy) is 3. The zero-order chi connectivity index (χ0) is 44.6. The highest BCUT2D eigenvalue weighted by Gasteiger charge is 2.26. The number of esters is 2. The van der Waals surface area contributed by atoms with Gasteiger partial charge in [0.05, 0.1) is 42.5 Å². The normalized spacial score (nSPS) is 10.8. The van der Waals surface area contributed by atoms with Gasteiger partial charge < -0.3 is 29.7 Å². The summed E-state index contributed by atoms with van der Waals surface area (Å²) < 4.78 is 16.2. The van der Waals surface area contributed by atoms with Gasteiger partial charge in [0.25, 0.3) is 5.56 Å². The van der Waals surface area contributed by atoms with Gasteiger partial charge in [0.15, 0.2) is 19.0 Å². The lowest BCUT2D eigenvalue weighted by molar-refractivity contribution is -0.147. The number of carbonyl (C=O) groups excluding carboxylic acids is 5. The molecule has 5 aromatic rings. The highest BCUT2D eigenvalue weighted by molar-refractivity contribution is 7.13. The third kappa shape index (κ3) is 13.6. The Hall–Kier alpha value is -6.40. The Morgan fingerprint density at radius 2 is 1.36 bits per heavy atom. The average Bonchev–Trinajstić information content (AvgIpc) is 3.75. The second kappa shape index (κ2) is 22.8. The molecule has 0 bridgehead atoms. The number of hydrogen-bond donors (Lipinski definition) is 3. The highest BCUT2D eigenvalue weighted by atomic mass is 35.5. The number of Topliss-reactive ketones (excluding diaryl/α,β-unsaturated/α-hetero) is 1. The van der Waals surface area contributed by atoms with Crippen molar-refractivity contribution >= 4 is 105 Å². The zero-order valence-electron chi connectivity index (χ0n) is 30.8. The van der Waals surface area contributed by atoms with Gasteiger partial charge in [-0.2, -0.15) is 0 Å². The molecule has 3 N–H and O–H groups in total. The number of nitrogens with zero attached hydrogens (tertiary/aromatic N) is 3. The third-order valence-corrected chi connectivity index (χ3v) is 9.73. The molecule has 0 aliphatic carbocycles. The number of carbonyl (C=O) groups is 6. The van der Waals surface area contributed by atoms with Gasteiger partial charge in [-0.1, -0.05) is 94.9 Å². The summed E-state index contributed by atoms with van der Waals surface area (Å²) in [7, 11) is 0. The molecular weight excluding hydrogens is 906 g/mol. The first kappa shape index (κ1) is 47.3. The average molecular weight is 935 g/mol. The molecule has 5 rings (SSSR count). The molecule has 316 valence electrons. The van der Waals surface area contributed by atoms with Crippen LogP contribution in [0.1, 0.15) is 32.7 Å². The molecule has 0 fully saturated rings. The van der Waals surface area contributed by atoms with Crippen LogP contribution in [0.4, 0.5) is 5.82 Å². The first-order valence-corrected chi connectivity index (χ1v) is 19.4. The number of thiophene rings is 1. The van der Waals surface area contributed by atoms with Crippen LogP contribution in [-0.2, 0) is 46.6 Å². The van der Waals surface area contributed by atoms with Crippen LogP contribution < -0.4 is 15.6 Å². The Kier molecular flexibility index (Phi) is 17.7. The van der Waals surface area contributed by atoms with Crippen LogP contribution in [0.25, 0.3) is 10.7 Å². The number of carboxylic acid groups (broad SMARTS) is 2. The number of ketones is 1. The lowest BCUT2D eigenvalue weighted by Crippen LogP contribution is -2.44. The molecule has 3 aromatic carbocycles. The molecule has 0 aliphatic heterocycles. The molecule has 1 amide bonds. The van der Waals surface area contributed by atoms with E-state index in [-0.39, 0.29) is 49.5 Å². The van der Waals surface area contributed by atoms with Gasteiger partial charge in [0, 0.05) is 0 Å². The number of carboxylic acids is 2. The van der Waals surface area contributed by atoms with E-state index in [1.54, 1.807) is 60.0 Å². The van der Waals surface area contributed by atoms with Crippen molar-refractivity contribution < 1.29 is 58.0 Å². The molecule has 0 saturated heterocycles. The Morgan fingerprint density at radius 1 is 0.803 bits per heavy atom. The quantitative estimate of drug-likeness (QED) is 0.0516. The monoisotopic (exact) mass is 932 g/mol. The Balaban J connectivity index is 0.000000281. The van der Waals surface area contributed by atoms with E-state index in [4.69, 9.17) is 65.7 Å². The molecule has 0 aliphatic rings. The van der Waals surface area contributed by atoms with Crippen molar-refractivity contribution in [3.05, 3.63) is 131 Å². The number of rotatable bonds is 17. The molecule has 2 heterocycles. The van der Waals surface area contributed by atoms with Gasteiger partial charge in [-0.25, -0.2) is 24.2 Å². The summed E-state index contributed by atoms with van der Waals surface area (Å²) in [5.41, 5.74) is -0.252. The fourth-order valence-electron chi connectivity index (χ4n) is 4.86. The summed E-state index contributed by atoms with van der Waals surface area (Å²) in [5, 5.41) is 22.2. The number of hydrogen-bond acceptors (Lipinski definition) is 14. The van der Waals surface area contributed by atoms with Gasteiger partial charge in [-0.3, -0.25) is 23.7 Å². The molecular formula is C39H28Cl4N4O13S. The maximum atomic E-state index is 13.4. The highest BCUT2D eigenvalue weighted by Crippen LogP contribution is 2.29. The fourth-order valence-corrected chi connectivity index (χ4v) is 6.69. The minimum absolute atomic E-state index is 0.0219. The van der Waals surface area contributed by atoms with Crippen LogP contribution in [0, 0.1) is 0 Å². The number of aliphatic carboxylic acids is 2. The summed E-state index contributed by atoms with van der Waals surface area (Å²) in [4.78, 5) is 103. The summed E-state index contributed by atoms with van der Waals surface area (Å²) in [6.07, 6.45) is 0.470.